The van der Waals surface area contributed by atoms with Crippen molar-refractivity contribution in [3.8, 4) is 6.07 Å². The van der Waals surface area contributed by atoms with Crippen LogP contribution in [-0.4, -0.2) is 33.8 Å². The molecule has 2 aromatic rings. The number of aryl methyl sites for hydroxylation is 1. The number of aromatic nitrogens is 3. The average molecular weight is 299 g/mol. The molecule has 0 aliphatic rings. The molecule has 2 rings (SSSR count). The Morgan fingerprint density at radius 2 is 2.23 bits per heavy atom. The molecule has 1 heterocycles. The molecular weight excluding hydrogens is 286 g/mol. The first-order valence-electron chi connectivity index (χ1n) is 6.32. The maximum atomic E-state index is 12.0. The second-order valence-corrected chi connectivity index (χ2v) is 4.45. The van der Waals surface area contributed by atoms with Gasteiger partial charge in [-0.2, -0.15) is 5.26 Å². The first-order chi connectivity index (χ1) is 10.5. The number of benzene rings is 1. The summed E-state index contributed by atoms with van der Waals surface area (Å²) in [5.41, 5.74) is 1.65. The Bertz CT molecular complexity index is 760. The van der Waals surface area contributed by atoms with Gasteiger partial charge in [-0.25, -0.2) is 14.5 Å². The van der Waals surface area contributed by atoms with Crippen molar-refractivity contribution in [2.75, 3.05) is 12.4 Å². The van der Waals surface area contributed by atoms with Gasteiger partial charge in [-0.05, 0) is 24.6 Å². The third kappa shape index (κ3) is 3.46. The van der Waals surface area contributed by atoms with Crippen LogP contribution in [0.4, 0.5) is 5.69 Å². The number of amides is 1. The van der Waals surface area contributed by atoms with Gasteiger partial charge in [0.25, 0.3) is 5.82 Å². The number of carbonyl (C=O) groups excluding carboxylic acids is 2. The van der Waals surface area contributed by atoms with Crippen LogP contribution in [0.2, 0.25) is 0 Å². The highest BCUT2D eigenvalue weighted by molar-refractivity contribution is 5.95. The minimum absolute atomic E-state index is 0.00308. The van der Waals surface area contributed by atoms with Crippen molar-refractivity contribution < 1.29 is 14.3 Å². The van der Waals surface area contributed by atoms with Crippen LogP contribution in [0.5, 0.6) is 0 Å². The summed E-state index contributed by atoms with van der Waals surface area (Å²) in [6.45, 7) is 1.72. The number of nitrogens with one attached hydrogen (secondary N) is 1. The molecule has 0 bridgehead atoms. The van der Waals surface area contributed by atoms with E-state index in [0.29, 0.717) is 11.3 Å². The van der Waals surface area contributed by atoms with E-state index < -0.39 is 5.97 Å². The molecule has 22 heavy (non-hydrogen) atoms. The van der Waals surface area contributed by atoms with E-state index in [-0.39, 0.29) is 18.3 Å². The Morgan fingerprint density at radius 1 is 1.45 bits per heavy atom. The summed E-state index contributed by atoms with van der Waals surface area (Å²) in [5.74, 6) is -0.832. The van der Waals surface area contributed by atoms with Gasteiger partial charge in [0.1, 0.15) is 18.9 Å². The standard InChI is InChI=1S/C14H13N5O3/c1-9-3-4-10(14(21)22-2)5-11(9)17-13(20)7-19-8-16-12(6-15)18-19/h3-5,8H,7H2,1-2H3,(H,17,20). The number of carbonyl (C=O) groups is 2. The van der Waals surface area contributed by atoms with E-state index in [1.807, 2.05) is 0 Å². The number of nitrogens with zero attached hydrogens (tertiary/aromatic N) is 4. The third-order valence-corrected chi connectivity index (χ3v) is 2.87. The molecule has 0 atom stereocenters. The summed E-state index contributed by atoms with van der Waals surface area (Å²) in [5, 5.41) is 15.1. The molecule has 0 aliphatic carbocycles. The molecule has 0 fully saturated rings. The lowest BCUT2D eigenvalue weighted by molar-refractivity contribution is -0.116. The van der Waals surface area contributed by atoms with Crippen LogP contribution in [-0.2, 0) is 16.1 Å². The Labute approximate surface area is 126 Å². The fraction of sp³-hybridized carbons (Fsp3) is 0.214. The lowest BCUT2D eigenvalue weighted by Gasteiger charge is -2.10. The lowest BCUT2D eigenvalue weighted by atomic mass is 10.1. The molecule has 0 spiro atoms. The van der Waals surface area contributed by atoms with Crippen LogP contribution in [0, 0.1) is 18.3 Å². The molecular formula is C14H13N5O3. The molecule has 0 unspecified atom stereocenters. The average Bonchev–Trinajstić information content (AvgIpc) is 2.96. The molecule has 1 amide bonds. The fourth-order valence-corrected chi connectivity index (χ4v) is 1.76. The van der Waals surface area contributed by atoms with Gasteiger partial charge in [-0.3, -0.25) is 4.79 Å². The van der Waals surface area contributed by atoms with Gasteiger partial charge in [0.2, 0.25) is 5.91 Å². The molecule has 0 saturated carbocycles. The molecule has 8 nitrogen and oxygen atoms in total. The van der Waals surface area contributed by atoms with Crippen molar-refractivity contribution in [1.29, 1.82) is 5.26 Å². The number of methoxy groups -OCH3 is 1. The van der Waals surface area contributed by atoms with Gasteiger partial charge in [-0.1, -0.05) is 6.07 Å². The van der Waals surface area contributed by atoms with Crippen molar-refractivity contribution in [3.63, 3.8) is 0 Å². The highest BCUT2D eigenvalue weighted by Gasteiger charge is 2.11. The summed E-state index contributed by atoms with van der Waals surface area (Å²) in [4.78, 5) is 27.2. The van der Waals surface area contributed by atoms with E-state index in [1.54, 1.807) is 31.2 Å². The highest BCUT2D eigenvalue weighted by atomic mass is 16.5. The largest absolute Gasteiger partial charge is 0.465 e. The van der Waals surface area contributed by atoms with E-state index >= 15 is 0 Å². The number of rotatable bonds is 4. The van der Waals surface area contributed by atoms with Gasteiger partial charge in [0.15, 0.2) is 0 Å². The summed E-state index contributed by atoms with van der Waals surface area (Å²) in [6.07, 6.45) is 1.30. The molecule has 0 saturated heterocycles. The van der Waals surface area contributed by atoms with Crippen molar-refractivity contribution in [2.45, 2.75) is 13.5 Å². The zero-order chi connectivity index (χ0) is 16.1. The highest BCUT2D eigenvalue weighted by Crippen LogP contribution is 2.17. The maximum absolute atomic E-state index is 12.0. The van der Waals surface area contributed by atoms with Crippen LogP contribution >= 0.6 is 0 Å². The minimum Gasteiger partial charge on any atom is -0.465 e. The summed E-state index contributed by atoms with van der Waals surface area (Å²) in [7, 11) is 1.29. The van der Waals surface area contributed by atoms with Gasteiger partial charge >= 0.3 is 5.97 Å². The van der Waals surface area contributed by atoms with E-state index in [1.165, 1.54) is 18.1 Å². The molecule has 1 N–H and O–H groups in total. The van der Waals surface area contributed by atoms with Crippen LogP contribution < -0.4 is 5.32 Å². The molecule has 112 valence electrons. The fourth-order valence-electron chi connectivity index (χ4n) is 1.76. The number of hydrogen-bond donors (Lipinski definition) is 1. The van der Waals surface area contributed by atoms with Crippen molar-refractivity contribution in [3.05, 3.63) is 41.5 Å². The van der Waals surface area contributed by atoms with Crippen LogP contribution in [0.3, 0.4) is 0 Å². The molecule has 0 radical (unpaired) electrons. The molecule has 8 heteroatoms. The Kier molecular flexibility index (Phi) is 4.48. The van der Waals surface area contributed by atoms with E-state index in [4.69, 9.17) is 5.26 Å². The van der Waals surface area contributed by atoms with Gasteiger partial charge in [-0.15, -0.1) is 5.10 Å². The molecule has 1 aromatic heterocycles. The zero-order valence-corrected chi connectivity index (χ0v) is 12.0. The summed E-state index contributed by atoms with van der Waals surface area (Å²) < 4.78 is 5.90. The number of hydrogen-bond acceptors (Lipinski definition) is 6. The van der Waals surface area contributed by atoms with E-state index in [0.717, 1.165) is 5.56 Å². The number of anilines is 1. The first-order valence-corrected chi connectivity index (χ1v) is 6.32. The second kappa shape index (κ2) is 6.49. The van der Waals surface area contributed by atoms with Crippen molar-refractivity contribution in [2.24, 2.45) is 0 Å². The van der Waals surface area contributed by atoms with Crippen molar-refractivity contribution in [1.82, 2.24) is 14.8 Å². The SMILES string of the molecule is COC(=O)c1ccc(C)c(NC(=O)Cn2cnc(C#N)n2)c1. The van der Waals surface area contributed by atoms with E-state index in [2.05, 4.69) is 20.1 Å². The Hall–Kier alpha value is -3.21. The van der Waals surface area contributed by atoms with Crippen LogP contribution in [0.1, 0.15) is 21.7 Å². The maximum Gasteiger partial charge on any atom is 0.337 e. The quantitative estimate of drug-likeness (QED) is 0.839. The smallest absolute Gasteiger partial charge is 0.337 e. The first kappa shape index (κ1) is 15.2. The zero-order valence-electron chi connectivity index (χ0n) is 12.0. The number of nitriles is 1. The molecule has 1 aromatic carbocycles. The number of ether oxygens (including phenoxy) is 1. The second-order valence-electron chi connectivity index (χ2n) is 4.45. The van der Waals surface area contributed by atoms with Gasteiger partial charge in [0, 0.05) is 5.69 Å². The van der Waals surface area contributed by atoms with Crippen molar-refractivity contribution >= 4 is 17.6 Å². The minimum atomic E-state index is -0.481. The van der Waals surface area contributed by atoms with Crippen LogP contribution in [0.15, 0.2) is 24.5 Å². The van der Waals surface area contributed by atoms with Gasteiger partial charge < -0.3 is 10.1 Å². The summed E-state index contributed by atoms with van der Waals surface area (Å²) in [6, 6.07) is 6.65. The topological polar surface area (TPSA) is 110 Å². The normalized spacial score (nSPS) is 9.86. The predicted molar refractivity (Wildman–Crippen MR) is 75.9 cm³/mol. The Morgan fingerprint density at radius 3 is 2.86 bits per heavy atom. The summed E-state index contributed by atoms with van der Waals surface area (Å²) >= 11 is 0. The number of esters is 1. The van der Waals surface area contributed by atoms with Gasteiger partial charge in [0.05, 0.1) is 12.7 Å². The van der Waals surface area contributed by atoms with Crippen LogP contribution in [0.25, 0.3) is 0 Å². The Balaban J connectivity index is 2.10. The lowest BCUT2D eigenvalue weighted by Crippen LogP contribution is -2.20. The van der Waals surface area contributed by atoms with E-state index in [9.17, 15) is 9.59 Å². The molecule has 0 aliphatic heterocycles. The monoisotopic (exact) mass is 299 g/mol. The third-order valence-electron chi connectivity index (χ3n) is 2.87. The predicted octanol–water partition coefficient (Wildman–Crippen LogP) is 0.883.